The second-order valence-electron chi connectivity index (χ2n) is 8.34. The molecule has 9 nitrogen and oxygen atoms in total. The summed E-state index contributed by atoms with van der Waals surface area (Å²) >= 11 is 0. The van der Waals surface area contributed by atoms with E-state index in [4.69, 9.17) is 9.47 Å². The first kappa shape index (κ1) is 25.4. The maximum absolute atomic E-state index is 13.0. The molecule has 2 unspecified atom stereocenters. The minimum atomic E-state index is -0.346. The fourth-order valence-corrected chi connectivity index (χ4v) is 4.12. The number of methoxy groups -OCH3 is 1. The summed E-state index contributed by atoms with van der Waals surface area (Å²) < 4.78 is 10.7. The molecule has 0 aliphatic carbocycles. The number of carbonyl (C=O) groups excluding carboxylic acids is 2. The first-order valence-electron chi connectivity index (χ1n) is 11.9. The zero-order valence-electron chi connectivity index (χ0n) is 20.3. The number of aromatic amines is 1. The number of ether oxygens (including phenoxy) is 2. The van der Waals surface area contributed by atoms with Gasteiger partial charge in [0.25, 0.3) is 11.5 Å². The zero-order chi connectivity index (χ0) is 24.7. The number of hydrogen-bond acceptors (Lipinski definition) is 7. The third kappa shape index (κ3) is 5.83. The largest absolute Gasteiger partial charge is 0.493 e. The van der Waals surface area contributed by atoms with Gasteiger partial charge in [0.05, 0.1) is 25.0 Å². The molecule has 1 aliphatic heterocycles. The number of nitrogens with zero attached hydrogens (tertiary/aromatic N) is 1. The normalized spacial score (nSPS) is 17.8. The summed E-state index contributed by atoms with van der Waals surface area (Å²) in [5.41, 5.74) is 2.25. The minimum absolute atomic E-state index is 0.110. The molecule has 3 rings (SSSR count). The SMILES string of the molecule is CCCOc1ccc(C(=O)NC2CCC(C(=O)OC)NC2)cc1-c1nc(CC)c(CC)c(=O)[nH]1. The van der Waals surface area contributed by atoms with Gasteiger partial charge in [0.2, 0.25) is 0 Å². The van der Waals surface area contributed by atoms with Gasteiger partial charge in [0.15, 0.2) is 0 Å². The van der Waals surface area contributed by atoms with Crippen LogP contribution >= 0.6 is 0 Å². The molecule has 1 aliphatic rings. The van der Waals surface area contributed by atoms with Crippen molar-refractivity contribution in [1.82, 2.24) is 20.6 Å². The number of aryl methyl sites for hydroxylation is 1. The number of aromatic nitrogens is 2. The molecule has 2 heterocycles. The van der Waals surface area contributed by atoms with Gasteiger partial charge >= 0.3 is 5.97 Å². The van der Waals surface area contributed by atoms with Gasteiger partial charge in [0, 0.05) is 23.7 Å². The van der Waals surface area contributed by atoms with Crippen molar-refractivity contribution in [3.63, 3.8) is 0 Å². The summed E-state index contributed by atoms with van der Waals surface area (Å²) in [6.45, 7) is 6.88. The van der Waals surface area contributed by atoms with Crippen LogP contribution in [0.4, 0.5) is 0 Å². The zero-order valence-corrected chi connectivity index (χ0v) is 20.3. The molecule has 2 aromatic rings. The molecule has 0 saturated carbocycles. The number of H-pyrrole nitrogens is 1. The van der Waals surface area contributed by atoms with Gasteiger partial charge < -0.3 is 25.1 Å². The molecule has 1 aromatic carbocycles. The first-order chi connectivity index (χ1) is 16.4. The lowest BCUT2D eigenvalue weighted by Gasteiger charge is -2.28. The lowest BCUT2D eigenvalue weighted by atomic mass is 10.00. The van der Waals surface area contributed by atoms with Crippen molar-refractivity contribution in [1.29, 1.82) is 0 Å². The molecule has 9 heteroatoms. The highest BCUT2D eigenvalue weighted by Gasteiger charge is 2.27. The van der Waals surface area contributed by atoms with E-state index in [1.807, 2.05) is 20.8 Å². The predicted molar refractivity (Wildman–Crippen MR) is 129 cm³/mol. The topological polar surface area (TPSA) is 122 Å². The molecule has 3 N–H and O–H groups in total. The molecule has 184 valence electrons. The van der Waals surface area contributed by atoms with Crippen LogP contribution in [0.25, 0.3) is 11.4 Å². The summed E-state index contributed by atoms with van der Waals surface area (Å²) in [6, 6.07) is 4.70. The number of carbonyl (C=O) groups is 2. The van der Waals surface area contributed by atoms with Crippen LogP contribution in [0.15, 0.2) is 23.0 Å². The smallest absolute Gasteiger partial charge is 0.322 e. The standard InChI is InChI=1S/C25H34N4O5/c1-5-12-34-21-11-8-15(23(30)27-16-9-10-20(26-14-16)25(32)33-4)13-18(21)22-28-19(7-3)17(6-2)24(31)29-22/h8,11,13,16,20,26H,5-7,9-10,12,14H2,1-4H3,(H,27,30)(H,28,29,31). The van der Waals surface area contributed by atoms with Crippen molar-refractivity contribution in [3.05, 3.63) is 45.4 Å². The fraction of sp³-hybridized carbons (Fsp3) is 0.520. The van der Waals surface area contributed by atoms with Crippen molar-refractivity contribution >= 4 is 11.9 Å². The van der Waals surface area contributed by atoms with Crippen LogP contribution in [0.5, 0.6) is 5.75 Å². The Bertz CT molecular complexity index is 1070. The lowest BCUT2D eigenvalue weighted by Crippen LogP contribution is -2.52. The summed E-state index contributed by atoms with van der Waals surface area (Å²) in [5.74, 6) is 0.419. The number of amides is 1. The molecule has 1 fully saturated rings. The molecule has 0 bridgehead atoms. The van der Waals surface area contributed by atoms with Crippen molar-refractivity contribution in [2.75, 3.05) is 20.3 Å². The van der Waals surface area contributed by atoms with Gasteiger partial charge in [-0.05, 0) is 50.3 Å². The Morgan fingerprint density at radius 3 is 2.59 bits per heavy atom. The Morgan fingerprint density at radius 1 is 1.18 bits per heavy atom. The van der Waals surface area contributed by atoms with E-state index >= 15 is 0 Å². The first-order valence-corrected chi connectivity index (χ1v) is 11.9. The highest BCUT2D eigenvalue weighted by Crippen LogP contribution is 2.29. The number of nitrogens with one attached hydrogen (secondary N) is 3. The Hall–Kier alpha value is -3.20. The number of hydrogen-bond donors (Lipinski definition) is 3. The van der Waals surface area contributed by atoms with Crippen LogP contribution in [0.2, 0.25) is 0 Å². The van der Waals surface area contributed by atoms with E-state index in [0.29, 0.717) is 67.1 Å². The minimum Gasteiger partial charge on any atom is -0.493 e. The Labute approximate surface area is 199 Å². The third-order valence-electron chi connectivity index (χ3n) is 5.98. The third-order valence-corrected chi connectivity index (χ3v) is 5.98. The van der Waals surface area contributed by atoms with E-state index in [1.54, 1.807) is 18.2 Å². The van der Waals surface area contributed by atoms with E-state index < -0.39 is 0 Å². The molecular weight excluding hydrogens is 436 g/mol. The molecule has 1 saturated heterocycles. The van der Waals surface area contributed by atoms with E-state index in [-0.39, 0.29) is 29.5 Å². The van der Waals surface area contributed by atoms with Gasteiger partial charge in [-0.3, -0.25) is 14.4 Å². The summed E-state index contributed by atoms with van der Waals surface area (Å²) in [7, 11) is 1.37. The van der Waals surface area contributed by atoms with Crippen LogP contribution in [-0.4, -0.2) is 54.2 Å². The number of esters is 1. The van der Waals surface area contributed by atoms with Gasteiger partial charge in [-0.1, -0.05) is 20.8 Å². The Kier molecular flexibility index (Phi) is 8.81. The van der Waals surface area contributed by atoms with Crippen molar-refractivity contribution in [3.8, 4) is 17.1 Å². The predicted octanol–water partition coefficient (Wildman–Crippen LogP) is 2.37. The monoisotopic (exact) mass is 470 g/mol. The second-order valence-corrected chi connectivity index (χ2v) is 8.34. The van der Waals surface area contributed by atoms with Gasteiger partial charge in [-0.15, -0.1) is 0 Å². The quantitative estimate of drug-likeness (QED) is 0.481. The molecule has 2 atom stereocenters. The molecule has 0 spiro atoms. The van der Waals surface area contributed by atoms with E-state index in [9.17, 15) is 14.4 Å². The van der Waals surface area contributed by atoms with E-state index in [0.717, 1.165) is 12.1 Å². The van der Waals surface area contributed by atoms with Crippen molar-refractivity contribution in [2.24, 2.45) is 0 Å². The van der Waals surface area contributed by atoms with Crippen molar-refractivity contribution in [2.45, 2.75) is 65.0 Å². The van der Waals surface area contributed by atoms with Gasteiger partial charge in [-0.25, -0.2) is 4.98 Å². The summed E-state index contributed by atoms with van der Waals surface area (Å²) in [5, 5.41) is 6.14. The highest BCUT2D eigenvalue weighted by molar-refractivity contribution is 5.96. The summed E-state index contributed by atoms with van der Waals surface area (Å²) in [4.78, 5) is 44.9. The Balaban J connectivity index is 1.86. The van der Waals surface area contributed by atoms with E-state index in [1.165, 1.54) is 7.11 Å². The number of benzene rings is 1. The average Bonchev–Trinajstić information content (AvgIpc) is 2.86. The number of rotatable bonds is 9. The van der Waals surface area contributed by atoms with Crippen LogP contribution in [0.3, 0.4) is 0 Å². The van der Waals surface area contributed by atoms with Crippen molar-refractivity contribution < 1.29 is 19.1 Å². The summed E-state index contributed by atoms with van der Waals surface area (Å²) in [6.07, 6.45) is 3.30. The fourth-order valence-electron chi connectivity index (χ4n) is 4.12. The molecule has 1 aromatic heterocycles. The Morgan fingerprint density at radius 2 is 1.97 bits per heavy atom. The molecule has 34 heavy (non-hydrogen) atoms. The van der Waals surface area contributed by atoms with Crippen LogP contribution in [-0.2, 0) is 22.4 Å². The van der Waals surface area contributed by atoms with Crippen LogP contribution < -0.4 is 20.9 Å². The highest BCUT2D eigenvalue weighted by atomic mass is 16.5. The number of piperidine rings is 1. The average molecular weight is 471 g/mol. The molecule has 0 radical (unpaired) electrons. The second kappa shape index (κ2) is 11.8. The molecular formula is C25H34N4O5. The van der Waals surface area contributed by atoms with E-state index in [2.05, 4.69) is 20.6 Å². The maximum Gasteiger partial charge on any atom is 0.322 e. The van der Waals surface area contributed by atoms with Gasteiger partial charge in [-0.2, -0.15) is 0 Å². The lowest BCUT2D eigenvalue weighted by molar-refractivity contribution is -0.143. The molecule has 1 amide bonds. The maximum atomic E-state index is 13.0. The van der Waals surface area contributed by atoms with Gasteiger partial charge in [0.1, 0.15) is 17.6 Å². The van der Waals surface area contributed by atoms with Crippen LogP contribution in [0, 0.1) is 0 Å². The van der Waals surface area contributed by atoms with Crippen LogP contribution in [0.1, 0.15) is 61.6 Å².